The minimum absolute atomic E-state index is 0.141. The molecule has 0 aliphatic rings. The first-order valence-electron chi connectivity index (χ1n) is 6.93. The molecule has 0 spiro atoms. The standard InChI is InChI=1S/C18H16Cl2O3/c1-12-3-7-17(22-2)14(9-12)11-23-18(21)8-5-13-4-6-15(19)10-16(13)20/h3-10H,11H2,1-2H3/b8-5+. The Hall–Kier alpha value is -1.97. The van der Waals surface area contributed by atoms with Gasteiger partial charge in [-0.1, -0.05) is 40.9 Å². The molecular weight excluding hydrogens is 335 g/mol. The number of aryl methyl sites for hydroxylation is 1. The third-order valence-corrected chi connectivity index (χ3v) is 3.73. The Bertz CT molecular complexity index is 739. The lowest BCUT2D eigenvalue weighted by atomic mass is 10.1. The maximum Gasteiger partial charge on any atom is 0.331 e. The van der Waals surface area contributed by atoms with Crippen LogP contribution in [0.5, 0.6) is 5.75 Å². The Morgan fingerprint density at radius 1 is 1.17 bits per heavy atom. The molecule has 0 radical (unpaired) electrons. The predicted molar refractivity (Wildman–Crippen MR) is 93.0 cm³/mol. The molecule has 0 saturated carbocycles. The number of hydrogen-bond acceptors (Lipinski definition) is 3. The van der Waals surface area contributed by atoms with E-state index in [1.54, 1.807) is 31.4 Å². The van der Waals surface area contributed by atoms with Crippen LogP contribution in [0.4, 0.5) is 0 Å². The first-order chi connectivity index (χ1) is 11.0. The molecule has 5 heteroatoms. The molecule has 0 heterocycles. The average Bonchev–Trinajstić information content (AvgIpc) is 2.52. The second-order valence-corrected chi connectivity index (χ2v) is 5.77. The summed E-state index contributed by atoms with van der Waals surface area (Å²) in [7, 11) is 1.58. The van der Waals surface area contributed by atoms with Crippen molar-refractivity contribution in [2.75, 3.05) is 7.11 Å². The number of esters is 1. The van der Waals surface area contributed by atoms with E-state index < -0.39 is 5.97 Å². The van der Waals surface area contributed by atoms with Crippen molar-refractivity contribution < 1.29 is 14.3 Å². The molecule has 0 fully saturated rings. The number of carbonyl (C=O) groups is 1. The maximum absolute atomic E-state index is 11.8. The van der Waals surface area contributed by atoms with Crippen LogP contribution in [0, 0.1) is 6.92 Å². The van der Waals surface area contributed by atoms with Crippen LogP contribution in [0.25, 0.3) is 6.08 Å². The van der Waals surface area contributed by atoms with Crippen molar-refractivity contribution in [2.45, 2.75) is 13.5 Å². The van der Waals surface area contributed by atoms with E-state index >= 15 is 0 Å². The van der Waals surface area contributed by atoms with Crippen LogP contribution < -0.4 is 4.74 Å². The van der Waals surface area contributed by atoms with Crippen molar-refractivity contribution in [1.29, 1.82) is 0 Å². The largest absolute Gasteiger partial charge is 0.496 e. The first kappa shape index (κ1) is 17.4. The van der Waals surface area contributed by atoms with E-state index in [1.807, 2.05) is 25.1 Å². The van der Waals surface area contributed by atoms with E-state index in [4.69, 9.17) is 32.7 Å². The predicted octanol–water partition coefficient (Wildman–Crippen LogP) is 5.07. The Morgan fingerprint density at radius 3 is 2.65 bits per heavy atom. The molecule has 0 aromatic heterocycles. The summed E-state index contributed by atoms with van der Waals surface area (Å²) in [4.78, 5) is 11.8. The molecule has 2 rings (SSSR count). The third kappa shape index (κ3) is 5.02. The van der Waals surface area contributed by atoms with Gasteiger partial charge in [0.25, 0.3) is 0 Å². The zero-order valence-electron chi connectivity index (χ0n) is 12.8. The van der Waals surface area contributed by atoms with Gasteiger partial charge in [0.2, 0.25) is 0 Å². The number of rotatable bonds is 5. The molecule has 0 bridgehead atoms. The van der Waals surface area contributed by atoms with E-state index in [0.717, 1.165) is 11.1 Å². The van der Waals surface area contributed by atoms with Gasteiger partial charge >= 0.3 is 5.97 Å². The Balaban J connectivity index is 2.00. The van der Waals surface area contributed by atoms with Crippen LogP contribution in [0.15, 0.2) is 42.5 Å². The minimum atomic E-state index is -0.459. The highest BCUT2D eigenvalue weighted by atomic mass is 35.5. The van der Waals surface area contributed by atoms with Gasteiger partial charge in [0.1, 0.15) is 12.4 Å². The molecule has 3 nitrogen and oxygen atoms in total. The fraction of sp³-hybridized carbons (Fsp3) is 0.167. The van der Waals surface area contributed by atoms with Crippen LogP contribution in [-0.4, -0.2) is 13.1 Å². The zero-order chi connectivity index (χ0) is 16.8. The molecule has 0 unspecified atom stereocenters. The van der Waals surface area contributed by atoms with Crippen LogP contribution >= 0.6 is 23.2 Å². The van der Waals surface area contributed by atoms with E-state index in [1.165, 1.54) is 6.08 Å². The second kappa shape index (κ2) is 8.04. The van der Waals surface area contributed by atoms with Crippen molar-refractivity contribution in [1.82, 2.24) is 0 Å². The van der Waals surface area contributed by atoms with Crippen LogP contribution in [0.3, 0.4) is 0 Å². The molecule has 0 N–H and O–H groups in total. The van der Waals surface area contributed by atoms with Gasteiger partial charge < -0.3 is 9.47 Å². The van der Waals surface area contributed by atoms with Crippen molar-refractivity contribution in [3.05, 3.63) is 69.2 Å². The van der Waals surface area contributed by atoms with E-state index in [9.17, 15) is 4.79 Å². The Morgan fingerprint density at radius 2 is 1.96 bits per heavy atom. The first-order valence-corrected chi connectivity index (χ1v) is 7.68. The van der Waals surface area contributed by atoms with E-state index in [2.05, 4.69) is 0 Å². The molecule has 0 saturated heterocycles. The highest BCUT2D eigenvalue weighted by molar-refractivity contribution is 6.35. The lowest BCUT2D eigenvalue weighted by Gasteiger charge is -2.09. The van der Waals surface area contributed by atoms with Gasteiger partial charge in [0, 0.05) is 21.7 Å². The zero-order valence-corrected chi connectivity index (χ0v) is 14.3. The maximum atomic E-state index is 11.8. The molecule has 0 aliphatic heterocycles. The molecule has 0 amide bonds. The van der Waals surface area contributed by atoms with Gasteiger partial charge in [-0.2, -0.15) is 0 Å². The van der Waals surface area contributed by atoms with Crippen LogP contribution in [0.1, 0.15) is 16.7 Å². The van der Waals surface area contributed by atoms with Crippen LogP contribution in [-0.2, 0) is 16.1 Å². The molecule has 2 aromatic rings. The SMILES string of the molecule is COc1ccc(C)cc1COC(=O)/C=C/c1ccc(Cl)cc1Cl. The summed E-state index contributed by atoms with van der Waals surface area (Å²) in [6.07, 6.45) is 2.92. The summed E-state index contributed by atoms with van der Waals surface area (Å²) in [5.74, 6) is 0.229. The highest BCUT2D eigenvalue weighted by Gasteiger charge is 2.06. The van der Waals surface area contributed by atoms with Gasteiger partial charge in [0.05, 0.1) is 7.11 Å². The monoisotopic (exact) mass is 350 g/mol. The summed E-state index contributed by atoms with van der Waals surface area (Å²) in [6.45, 7) is 2.11. The number of benzene rings is 2. The highest BCUT2D eigenvalue weighted by Crippen LogP contribution is 2.22. The Kier molecular flexibility index (Phi) is 6.08. The van der Waals surface area contributed by atoms with Gasteiger partial charge in [0.15, 0.2) is 0 Å². The number of ether oxygens (including phenoxy) is 2. The molecule has 120 valence electrons. The normalized spacial score (nSPS) is 10.8. The van der Waals surface area contributed by atoms with Crippen molar-refractivity contribution in [3.8, 4) is 5.75 Å². The fourth-order valence-corrected chi connectivity index (χ4v) is 2.48. The molecular formula is C18H16Cl2O3. The number of carbonyl (C=O) groups excluding carboxylic acids is 1. The molecule has 23 heavy (non-hydrogen) atoms. The summed E-state index contributed by atoms with van der Waals surface area (Å²) < 4.78 is 10.5. The van der Waals surface area contributed by atoms with Crippen molar-refractivity contribution in [3.63, 3.8) is 0 Å². The topological polar surface area (TPSA) is 35.5 Å². The van der Waals surface area contributed by atoms with Gasteiger partial charge in [-0.15, -0.1) is 0 Å². The van der Waals surface area contributed by atoms with E-state index in [0.29, 0.717) is 21.4 Å². The number of halogens is 2. The number of hydrogen-bond donors (Lipinski definition) is 0. The smallest absolute Gasteiger partial charge is 0.331 e. The minimum Gasteiger partial charge on any atom is -0.496 e. The third-order valence-electron chi connectivity index (χ3n) is 3.17. The summed E-state index contributed by atoms with van der Waals surface area (Å²) >= 11 is 11.9. The lowest BCUT2D eigenvalue weighted by molar-refractivity contribution is -0.138. The lowest BCUT2D eigenvalue weighted by Crippen LogP contribution is -2.02. The number of methoxy groups -OCH3 is 1. The second-order valence-electron chi connectivity index (χ2n) is 4.92. The molecule has 0 aliphatic carbocycles. The van der Waals surface area contributed by atoms with Gasteiger partial charge in [-0.05, 0) is 42.8 Å². The van der Waals surface area contributed by atoms with Crippen LogP contribution in [0.2, 0.25) is 10.0 Å². The van der Waals surface area contributed by atoms with Gasteiger partial charge in [-0.3, -0.25) is 0 Å². The molecule has 0 atom stereocenters. The summed E-state index contributed by atoms with van der Waals surface area (Å²) in [5.41, 5.74) is 2.58. The Labute approximate surface area is 145 Å². The summed E-state index contributed by atoms with van der Waals surface area (Å²) in [6, 6.07) is 10.8. The van der Waals surface area contributed by atoms with Crippen molar-refractivity contribution in [2.24, 2.45) is 0 Å². The average molecular weight is 351 g/mol. The fourth-order valence-electron chi connectivity index (χ4n) is 2.01. The molecule has 2 aromatic carbocycles. The van der Waals surface area contributed by atoms with Gasteiger partial charge in [-0.25, -0.2) is 4.79 Å². The summed E-state index contributed by atoms with van der Waals surface area (Å²) in [5, 5.41) is 1.02. The quantitative estimate of drug-likeness (QED) is 0.557. The van der Waals surface area contributed by atoms with Crippen molar-refractivity contribution >= 4 is 35.2 Å². The van der Waals surface area contributed by atoms with E-state index in [-0.39, 0.29) is 6.61 Å².